The quantitative estimate of drug-likeness (QED) is 0.488. The molecule has 3 aromatic carbocycles. The van der Waals surface area contributed by atoms with Crippen LogP contribution in [0.2, 0.25) is 0 Å². The molecule has 140 valence electrons. The van der Waals surface area contributed by atoms with E-state index in [0.717, 1.165) is 41.8 Å². The van der Waals surface area contributed by atoms with Gasteiger partial charge in [0, 0.05) is 28.9 Å². The summed E-state index contributed by atoms with van der Waals surface area (Å²) in [6, 6.07) is 21.5. The Morgan fingerprint density at radius 1 is 0.857 bits per heavy atom. The molecule has 0 bridgehead atoms. The Morgan fingerprint density at radius 3 is 2.18 bits per heavy atom. The predicted octanol–water partition coefficient (Wildman–Crippen LogP) is 5.47. The summed E-state index contributed by atoms with van der Waals surface area (Å²) in [5.74, 6) is 1.12. The second-order valence-corrected chi connectivity index (χ2v) is 7.17. The number of hydrogen-bond donors (Lipinski definition) is 1. The molecule has 0 amide bonds. The number of unbranched alkanes of at least 4 members (excludes halogenated alkanes) is 1. The fourth-order valence-electron chi connectivity index (χ4n) is 4.21. The van der Waals surface area contributed by atoms with Crippen molar-refractivity contribution in [2.45, 2.75) is 25.4 Å². The number of para-hydroxylation sites is 2. The first kappa shape index (κ1) is 16.9. The van der Waals surface area contributed by atoms with Crippen molar-refractivity contribution < 1.29 is 14.3 Å². The van der Waals surface area contributed by atoms with Crippen molar-refractivity contribution in [3.63, 3.8) is 0 Å². The summed E-state index contributed by atoms with van der Waals surface area (Å²) in [5.41, 5.74) is 3.03. The molecule has 0 unspecified atom stereocenters. The molecule has 3 aromatic rings. The molecule has 1 N–H and O–H groups in total. The molecule has 28 heavy (non-hydrogen) atoms. The number of carbonyl (C=O) groups excluding carboxylic acids is 1. The number of esters is 1. The third-order valence-corrected chi connectivity index (χ3v) is 5.49. The molecule has 2 aliphatic rings. The summed E-state index contributed by atoms with van der Waals surface area (Å²) < 4.78 is 12.3. The van der Waals surface area contributed by atoms with Gasteiger partial charge in [0.1, 0.15) is 11.5 Å². The van der Waals surface area contributed by atoms with Gasteiger partial charge in [-0.2, -0.15) is 0 Å². The van der Waals surface area contributed by atoms with E-state index in [4.69, 9.17) is 9.47 Å². The summed E-state index contributed by atoms with van der Waals surface area (Å²) in [4.78, 5) is 13.1. The van der Waals surface area contributed by atoms with Crippen LogP contribution in [0.1, 0.15) is 46.8 Å². The average Bonchev–Trinajstić information content (AvgIpc) is 3.03. The maximum absolute atomic E-state index is 13.1. The third kappa shape index (κ3) is 2.27. The molecule has 4 heteroatoms. The summed E-state index contributed by atoms with van der Waals surface area (Å²) in [6.45, 7) is 2.97. The van der Waals surface area contributed by atoms with Crippen LogP contribution < -0.4 is 10.1 Å². The molecule has 0 aromatic heterocycles. The Bertz CT molecular complexity index is 1030. The fourth-order valence-corrected chi connectivity index (χ4v) is 4.21. The standard InChI is InChI=1S/C24H21NO3/c1-2-3-15-25-19-12-8-11-18-22(19)23(26)28-24(18)16-9-4-6-13-20(16)27-21-14-7-5-10-17(21)24/h4-14,25H,2-3,15H2,1H3. The van der Waals surface area contributed by atoms with E-state index in [1.165, 1.54) is 0 Å². The van der Waals surface area contributed by atoms with E-state index < -0.39 is 5.60 Å². The van der Waals surface area contributed by atoms with Crippen molar-refractivity contribution in [3.05, 3.63) is 89.0 Å². The topological polar surface area (TPSA) is 47.6 Å². The van der Waals surface area contributed by atoms with Crippen LogP contribution in [0, 0.1) is 0 Å². The Morgan fingerprint density at radius 2 is 1.50 bits per heavy atom. The van der Waals surface area contributed by atoms with Crippen LogP contribution in [0.4, 0.5) is 5.69 Å². The number of anilines is 1. The highest BCUT2D eigenvalue weighted by Gasteiger charge is 2.54. The van der Waals surface area contributed by atoms with Crippen molar-refractivity contribution in [1.29, 1.82) is 0 Å². The van der Waals surface area contributed by atoms with Crippen LogP contribution in [0.5, 0.6) is 11.5 Å². The van der Waals surface area contributed by atoms with E-state index >= 15 is 0 Å². The summed E-state index contributed by atoms with van der Waals surface area (Å²) in [5, 5.41) is 3.41. The summed E-state index contributed by atoms with van der Waals surface area (Å²) >= 11 is 0. The molecule has 0 fully saturated rings. The van der Waals surface area contributed by atoms with Crippen LogP contribution in [-0.2, 0) is 10.3 Å². The first-order valence-electron chi connectivity index (χ1n) is 9.73. The van der Waals surface area contributed by atoms with Gasteiger partial charge in [0.05, 0.1) is 5.56 Å². The molecular formula is C24H21NO3. The average molecular weight is 371 g/mol. The normalized spacial score (nSPS) is 15.2. The van der Waals surface area contributed by atoms with Crippen LogP contribution >= 0.6 is 0 Å². The summed E-state index contributed by atoms with van der Waals surface area (Å²) in [6.07, 6.45) is 2.14. The Balaban J connectivity index is 1.76. The molecular weight excluding hydrogens is 350 g/mol. The second kappa shape index (κ2) is 6.41. The number of benzene rings is 3. The number of hydrogen-bond acceptors (Lipinski definition) is 4. The number of ether oxygens (including phenoxy) is 2. The van der Waals surface area contributed by atoms with E-state index in [1.807, 2.05) is 66.7 Å². The van der Waals surface area contributed by atoms with Crippen LogP contribution in [0.3, 0.4) is 0 Å². The smallest absolute Gasteiger partial charge is 0.342 e. The van der Waals surface area contributed by atoms with E-state index in [2.05, 4.69) is 12.2 Å². The number of fused-ring (bicyclic) bond motifs is 6. The van der Waals surface area contributed by atoms with Gasteiger partial charge in [-0.3, -0.25) is 0 Å². The highest BCUT2D eigenvalue weighted by molar-refractivity contribution is 6.02. The zero-order valence-electron chi connectivity index (χ0n) is 15.7. The highest BCUT2D eigenvalue weighted by atomic mass is 16.6. The highest BCUT2D eigenvalue weighted by Crippen LogP contribution is 2.56. The van der Waals surface area contributed by atoms with Gasteiger partial charge >= 0.3 is 5.97 Å². The van der Waals surface area contributed by atoms with Crippen LogP contribution in [0.15, 0.2) is 66.7 Å². The molecule has 1 spiro atoms. The minimum Gasteiger partial charge on any atom is -0.456 e. The third-order valence-electron chi connectivity index (χ3n) is 5.49. The molecule has 0 saturated heterocycles. The lowest BCUT2D eigenvalue weighted by Gasteiger charge is -2.36. The maximum Gasteiger partial charge on any atom is 0.342 e. The van der Waals surface area contributed by atoms with E-state index in [-0.39, 0.29) is 5.97 Å². The fraction of sp³-hybridized carbons (Fsp3) is 0.208. The van der Waals surface area contributed by atoms with Gasteiger partial charge in [0.2, 0.25) is 0 Å². The van der Waals surface area contributed by atoms with Gasteiger partial charge in [-0.15, -0.1) is 0 Å². The van der Waals surface area contributed by atoms with Crippen molar-refractivity contribution in [2.24, 2.45) is 0 Å². The minimum atomic E-state index is -0.986. The van der Waals surface area contributed by atoms with E-state index in [0.29, 0.717) is 17.1 Å². The zero-order chi connectivity index (χ0) is 19.1. The van der Waals surface area contributed by atoms with Crippen molar-refractivity contribution >= 4 is 11.7 Å². The Labute approximate surface area is 164 Å². The first-order valence-corrected chi connectivity index (χ1v) is 9.73. The van der Waals surface area contributed by atoms with E-state index in [9.17, 15) is 4.79 Å². The lowest BCUT2D eigenvalue weighted by molar-refractivity contribution is 0.0225. The predicted molar refractivity (Wildman–Crippen MR) is 108 cm³/mol. The van der Waals surface area contributed by atoms with Gasteiger partial charge < -0.3 is 14.8 Å². The molecule has 0 aliphatic carbocycles. The monoisotopic (exact) mass is 371 g/mol. The summed E-state index contributed by atoms with van der Waals surface area (Å²) in [7, 11) is 0. The zero-order valence-corrected chi connectivity index (χ0v) is 15.7. The molecule has 0 radical (unpaired) electrons. The molecule has 5 rings (SSSR count). The van der Waals surface area contributed by atoms with Crippen molar-refractivity contribution in [3.8, 4) is 11.5 Å². The van der Waals surface area contributed by atoms with Crippen LogP contribution in [0.25, 0.3) is 0 Å². The number of carbonyl (C=O) groups is 1. The molecule has 2 aliphatic heterocycles. The first-order chi connectivity index (χ1) is 13.8. The lowest BCUT2D eigenvalue weighted by Crippen LogP contribution is -2.32. The molecule has 4 nitrogen and oxygen atoms in total. The van der Waals surface area contributed by atoms with Gasteiger partial charge in [0.15, 0.2) is 5.60 Å². The number of rotatable bonds is 4. The largest absolute Gasteiger partial charge is 0.456 e. The van der Waals surface area contributed by atoms with Gasteiger partial charge in [-0.05, 0) is 24.6 Å². The van der Waals surface area contributed by atoms with Crippen molar-refractivity contribution in [1.82, 2.24) is 0 Å². The van der Waals surface area contributed by atoms with Gasteiger partial charge in [0.25, 0.3) is 0 Å². The Kier molecular flexibility index (Phi) is 3.86. The minimum absolute atomic E-state index is 0.305. The Hall–Kier alpha value is -3.27. The maximum atomic E-state index is 13.1. The number of nitrogens with one attached hydrogen (secondary N) is 1. The lowest BCUT2D eigenvalue weighted by atomic mass is 9.77. The van der Waals surface area contributed by atoms with E-state index in [1.54, 1.807) is 0 Å². The molecule has 0 atom stereocenters. The van der Waals surface area contributed by atoms with Crippen LogP contribution in [-0.4, -0.2) is 12.5 Å². The SMILES string of the molecule is CCCCNc1cccc2c1C(=O)OC21c2ccccc2Oc2ccccc21. The second-order valence-electron chi connectivity index (χ2n) is 7.17. The van der Waals surface area contributed by atoms with Crippen molar-refractivity contribution in [2.75, 3.05) is 11.9 Å². The molecule has 0 saturated carbocycles. The van der Waals surface area contributed by atoms with Gasteiger partial charge in [-0.1, -0.05) is 61.9 Å². The molecule has 2 heterocycles. The van der Waals surface area contributed by atoms with Gasteiger partial charge in [-0.25, -0.2) is 4.79 Å².